The highest BCUT2D eigenvalue weighted by Crippen LogP contribution is 2.73. The van der Waals surface area contributed by atoms with Gasteiger partial charge in [-0.25, -0.2) is 0 Å². The maximum atomic E-state index is 13.2. The van der Waals surface area contributed by atoms with Gasteiger partial charge in [-0.05, 0) is 37.2 Å². The molecule has 2 N–H and O–H groups in total. The van der Waals surface area contributed by atoms with Crippen LogP contribution in [0.3, 0.4) is 0 Å². The van der Waals surface area contributed by atoms with Crippen molar-refractivity contribution in [1.29, 1.82) is 0 Å². The van der Waals surface area contributed by atoms with Gasteiger partial charge in [0.05, 0.1) is 12.7 Å². The molecule has 6 rings (SSSR count). The highest BCUT2D eigenvalue weighted by atomic mass is 16.7. The summed E-state index contributed by atoms with van der Waals surface area (Å²) in [6.45, 7) is 6.16. The van der Waals surface area contributed by atoms with E-state index in [1.807, 2.05) is 6.92 Å². The van der Waals surface area contributed by atoms with E-state index in [2.05, 4.69) is 6.58 Å². The molecule has 7 nitrogen and oxygen atoms in total. The van der Waals surface area contributed by atoms with Crippen molar-refractivity contribution in [2.75, 3.05) is 6.61 Å². The van der Waals surface area contributed by atoms with Gasteiger partial charge in [0.2, 0.25) is 0 Å². The number of carbonyl (C=O) groups excluding carboxylic acids is 2. The van der Waals surface area contributed by atoms with Gasteiger partial charge in [-0.2, -0.15) is 0 Å². The highest BCUT2D eigenvalue weighted by molar-refractivity contribution is 6.15. The summed E-state index contributed by atoms with van der Waals surface area (Å²) in [5.74, 6) is -1.80. The number of aliphatic hydroxyl groups excluding tert-OH is 2. The van der Waals surface area contributed by atoms with E-state index in [1.54, 1.807) is 0 Å². The Balaban J connectivity index is 1.59. The molecule has 7 heteroatoms. The summed E-state index contributed by atoms with van der Waals surface area (Å²) in [4.78, 5) is 26.4. The molecule has 0 aromatic carbocycles. The Kier molecular flexibility index (Phi) is 2.87. The largest absolute Gasteiger partial charge is 0.461 e. The van der Waals surface area contributed by atoms with Gasteiger partial charge in [0.25, 0.3) is 0 Å². The molecule has 3 saturated carbocycles. The number of hydrogen-bond donors (Lipinski definition) is 2. The van der Waals surface area contributed by atoms with Gasteiger partial charge in [0.1, 0.15) is 11.5 Å². The molecule has 3 saturated heterocycles. The summed E-state index contributed by atoms with van der Waals surface area (Å²) in [5.41, 5.74) is -2.23. The lowest BCUT2D eigenvalue weighted by Gasteiger charge is -2.61. The molecule has 27 heavy (non-hydrogen) atoms. The second-order valence-electron chi connectivity index (χ2n) is 9.70. The number of ether oxygens (including phenoxy) is 3. The molecule has 146 valence electrons. The predicted molar refractivity (Wildman–Crippen MR) is 88.8 cm³/mol. The van der Waals surface area contributed by atoms with Crippen LogP contribution in [-0.4, -0.2) is 53.4 Å². The number of rotatable bonds is 0. The molecular weight excluding hydrogens is 352 g/mol. The Morgan fingerprint density at radius 1 is 1.22 bits per heavy atom. The van der Waals surface area contributed by atoms with Crippen LogP contribution in [0.1, 0.15) is 32.6 Å². The van der Waals surface area contributed by atoms with Crippen LogP contribution in [0, 0.1) is 34.0 Å². The Morgan fingerprint density at radius 2 is 2.00 bits per heavy atom. The maximum Gasteiger partial charge on any atom is 0.320 e. The molecule has 2 spiro atoms. The molecule has 6 fully saturated rings. The molecule has 0 radical (unpaired) electrons. The lowest BCUT2D eigenvalue weighted by atomic mass is 9.43. The number of carbonyl (C=O) groups is 2. The van der Waals surface area contributed by atoms with E-state index in [4.69, 9.17) is 14.2 Å². The minimum absolute atomic E-state index is 0.178. The van der Waals surface area contributed by atoms with E-state index in [0.717, 1.165) is 0 Å². The SMILES string of the molecule is C=C1C(=O)[C@]23C[C@H]1C[C@@H](O)[C@H]2[C@]12CO[C@@H]4O[C@@H](O)[C@](C)(CC[C@@H]1OC3=O)[C@@H]42. The normalized spacial score (nSPS) is 60.7. The first-order chi connectivity index (χ1) is 12.8. The summed E-state index contributed by atoms with van der Waals surface area (Å²) in [6, 6.07) is 0. The van der Waals surface area contributed by atoms with E-state index < -0.39 is 52.9 Å². The first-order valence-corrected chi connectivity index (χ1v) is 9.84. The third-order valence-corrected chi connectivity index (χ3v) is 8.82. The highest BCUT2D eigenvalue weighted by Gasteiger charge is 2.81. The van der Waals surface area contributed by atoms with E-state index in [0.29, 0.717) is 31.3 Å². The van der Waals surface area contributed by atoms with Gasteiger partial charge in [-0.15, -0.1) is 0 Å². The van der Waals surface area contributed by atoms with Crippen molar-refractivity contribution in [3.05, 3.63) is 12.2 Å². The standard InChI is InChI=1S/C20H24O7/c1-8-9-5-10(21)12-19(6-9,14(8)22)17(24)26-11-3-4-18(2)13-15(27-16(18)23)25-7-20(11,12)13/h9-13,15-16,21,23H,1,3-7H2,2H3/t9-,10-,11+,12-,13-,15-,16-,18-,19+,20+/m1/s1. The molecule has 3 aliphatic heterocycles. The average Bonchev–Trinajstić information content (AvgIpc) is 3.19. The molecule has 3 aliphatic carbocycles. The van der Waals surface area contributed by atoms with Crippen LogP contribution < -0.4 is 0 Å². The van der Waals surface area contributed by atoms with Crippen molar-refractivity contribution in [3.8, 4) is 0 Å². The van der Waals surface area contributed by atoms with Gasteiger partial charge >= 0.3 is 5.97 Å². The maximum absolute atomic E-state index is 13.2. The monoisotopic (exact) mass is 376 g/mol. The Bertz CT molecular complexity index is 793. The van der Waals surface area contributed by atoms with Crippen LogP contribution in [-0.2, 0) is 23.8 Å². The van der Waals surface area contributed by atoms with Crippen LogP contribution in [0.2, 0.25) is 0 Å². The molecule has 6 aliphatic rings. The van der Waals surface area contributed by atoms with E-state index in [9.17, 15) is 19.8 Å². The Labute approximate surface area is 156 Å². The summed E-state index contributed by atoms with van der Waals surface area (Å²) < 4.78 is 17.6. The number of esters is 1. The fourth-order valence-electron chi connectivity index (χ4n) is 7.76. The second kappa shape index (κ2) is 4.64. The summed E-state index contributed by atoms with van der Waals surface area (Å²) in [6.07, 6.45) is -0.846. The molecule has 0 amide bonds. The topological polar surface area (TPSA) is 102 Å². The lowest BCUT2D eigenvalue weighted by Crippen LogP contribution is -2.70. The first-order valence-electron chi connectivity index (χ1n) is 9.84. The minimum atomic E-state index is -1.38. The van der Waals surface area contributed by atoms with E-state index in [1.165, 1.54) is 0 Å². The van der Waals surface area contributed by atoms with Crippen LogP contribution in [0.5, 0.6) is 0 Å². The van der Waals surface area contributed by atoms with Gasteiger partial charge < -0.3 is 24.4 Å². The van der Waals surface area contributed by atoms with Crippen LogP contribution in [0.15, 0.2) is 12.2 Å². The third-order valence-electron chi connectivity index (χ3n) is 8.82. The zero-order chi connectivity index (χ0) is 18.9. The average molecular weight is 376 g/mol. The summed E-state index contributed by atoms with van der Waals surface area (Å²) in [7, 11) is 0. The summed E-state index contributed by atoms with van der Waals surface area (Å²) in [5, 5.41) is 21.8. The van der Waals surface area contributed by atoms with Gasteiger partial charge in [-0.3, -0.25) is 9.59 Å². The molecule has 0 aromatic heterocycles. The van der Waals surface area contributed by atoms with Crippen molar-refractivity contribution >= 4 is 11.8 Å². The van der Waals surface area contributed by atoms with Crippen molar-refractivity contribution in [2.24, 2.45) is 34.0 Å². The quantitative estimate of drug-likeness (QED) is 0.361. The van der Waals surface area contributed by atoms with Crippen LogP contribution >= 0.6 is 0 Å². The predicted octanol–water partition coefficient (Wildman–Crippen LogP) is 0.532. The Morgan fingerprint density at radius 3 is 2.78 bits per heavy atom. The molecule has 10 atom stereocenters. The minimum Gasteiger partial charge on any atom is -0.461 e. The van der Waals surface area contributed by atoms with Crippen molar-refractivity contribution in [1.82, 2.24) is 0 Å². The third kappa shape index (κ3) is 1.52. The second-order valence-corrected chi connectivity index (χ2v) is 9.70. The van der Waals surface area contributed by atoms with Gasteiger partial charge in [0.15, 0.2) is 18.4 Å². The zero-order valence-corrected chi connectivity index (χ0v) is 15.2. The summed E-state index contributed by atoms with van der Waals surface area (Å²) >= 11 is 0. The van der Waals surface area contributed by atoms with Crippen LogP contribution in [0.4, 0.5) is 0 Å². The first kappa shape index (κ1) is 16.7. The van der Waals surface area contributed by atoms with E-state index >= 15 is 0 Å². The smallest absolute Gasteiger partial charge is 0.320 e. The van der Waals surface area contributed by atoms with Crippen molar-refractivity contribution in [2.45, 2.75) is 57.4 Å². The molecular formula is C20H24O7. The number of fused-ring (bicyclic) bond motifs is 1. The van der Waals surface area contributed by atoms with Gasteiger partial charge in [0, 0.05) is 22.7 Å². The van der Waals surface area contributed by atoms with Crippen molar-refractivity contribution in [3.63, 3.8) is 0 Å². The van der Waals surface area contributed by atoms with Gasteiger partial charge in [-0.1, -0.05) is 13.5 Å². The fourth-order valence-corrected chi connectivity index (χ4v) is 7.76. The number of aliphatic hydroxyl groups is 2. The fraction of sp³-hybridized carbons (Fsp3) is 0.800. The molecule has 0 unspecified atom stereocenters. The number of ketones is 1. The molecule has 0 aromatic rings. The van der Waals surface area contributed by atoms with Crippen molar-refractivity contribution < 1.29 is 34.0 Å². The Hall–Kier alpha value is -1.28. The number of allylic oxidation sites excluding steroid dienone is 1. The molecule has 2 bridgehead atoms. The van der Waals surface area contributed by atoms with Crippen LogP contribution in [0.25, 0.3) is 0 Å². The number of hydrogen-bond acceptors (Lipinski definition) is 7. The van der Waals surface area contributed by atoms with E-state index in [-0.39, 0.29) is 24.2 Å². The lowest BCUT2D eigenvalue weighted by molar-refractivity contribution is -0.257. The number of Topliss-reactive ketones (excluding diaryl/α,β-unsaturated/α-hetero) is 1. The molecule has 3 heterocycles. The zero-order valence-electron chi connectivity index (χ0n) is 15.2.